The monoisotopic (exact) mass is 428 g/mol. The minimum Gasteiger partial charge on any atom is -0.394 e. The molecule has 1 aliphatic rings. The summed E-state index contributed by atoms with van der Waals surface area (Å²) in [5.41, 5.74) is 0.853. The van der Waals surface area contributed by atoms with Crippen molar-refractivity contribution in [3.05, 3.63) is 47.4 Å². The first-order chi connectivity index (χ1) is 14.0. The smallest absolute Gasteiger partial charge is 0.394 e. The van der Waals surface area contributed by atoms with E-state index in [9.17, 15) is 33.6 Å². The van der Waals surface area contributed by atoms with Gasteiger partial charge in [-0.15, -0.1) is 0 Å². The molecule has 0 spiro atoms. The van der Waals surface area contributed by atoms with Crippen LogP contribution in [0.15, 0.2) is 30.6 Å². The van der Waals surface area contributed by atoms with Crippen molar-refractivity contribution >= 4 is 0 Å². The van der Waals surface area contributed by atoms with Crippen LogP contribution in [0.3, 0.4) is 0 Å². The molecule has 30 heavy (non-hydrogen) atoms. The van der Waals surface area contributed by atoms with E-state index in [0.717, 1.165) is 5.56 Å². The minimum absolute atomic E-state index is 0.0694. The normalized spacial score (nSPS) is 28.4. The average Bonchev–Trinajstić information content (AvgIpc) is 2.71. The van der Waals surface area contributed by atoms with Gasteiger partial charge < -0.3 is 25.2 Å². The lowest BCUT2D eigenvalue weighted by molar-refractivity contribution is -0.233. The molecule has 0 bridgehead atoms. The van der Waals surface area contributed by atoms with Crippen LogP contribution in [0.2, 0.25) is 0 Å². The van der Waals surface area contributed by atoms with E-state index in [1.165, 1.54) is 6.20 Å². The fraction of sp³-hybridized carbons (Fsp3) is 0.500. The van der Waals surface area contributed by atoms with E-state index in [-0.39, 0.29) is 5.69 Å². The van der Waals surface area contributed by atoms with Gasteiger partial charge >= 0.3 is 6.18 Å². The fourth-order valence-corrected chi connectivity index (χ4v) is 3.71. The molecule has 1 aromatic carbocycles. The molecule has 0 saturated carbocycles. The lowest BCUT2D eigenvalue weighted by Gasteiger charge is -2.42. The molecule has 0 radical (unpaired) electrons. The molecule has 1 fully saturated rings. The van der Waals surface area contributed by atoms with E-state index in [4.69, 9.17) is 4.74 Å². The molecule has 0 aliphatic carbocycles. The Labute approximate surface area is 170 Å². The molecule has 7 nitrogen and oxygen atoms in total. The van der Waals surface area contributed by atoms with Gasteiger partial charge in [0.2, 0.25) is 0 Å². The quantitative estimate of drug-likeness (QED) is 0.582. The Morgan fingerprint density at radius 3 is 2.40 bits per heavy atom. The van der Waals surface area contributed by atoms with Crippen LogP contribution in [-0.4, -0.2) is 67.5 Å². The number of rotatable bonds is 4. The Kier molecular flexibility index (Phi) is 6.44. The Hall–Kier alpha value is -2.11. The summed E-state index contributed by atoms with van der Waals surface area (Å²) in [5, 5.41) is 39.7. The first-order valence-electron chi connectivity index (χ1n) is 9.35. The topological polar surface area (TPSA) is 116 Å². The van der Waals surface area contributed by atoms with Crippen molar-refractivity contribution in [2.45, 2.75) is 56.5 Å². The van der Waals surface area contributed by atoms with Crippen molar-refractivity contribution in [3.63, 3.8) is 0 Å². The number of hydrogen-bond donors (Lipinski definition) is 4. The van der Waals surface area contributed by atoms with Crippen LogP contribution in [0, 0.1) is 6.92 Å². The number of benzene rings is 1. The molecule has 1 aromatic heterocycles. The summed E-state index contributed by atoms with van der Waals surface area (Å²) in [4.78, 5) is 7.25. The van der Waals surface area contributed by atoms with E-state index >= 15 is 0 Å². The molecular formula is C20H23F3N2O5. The van der Waals surface area contributed by atoms with E-state index in [1.54, 1.807) is 32.0 Å². The number of hydrogen-bond acceptors (Lipinski definition) is 7. The first-order valence-corrected chi connectivity index (χ1v) is 9.35. The van der Waals surface area contributed by atoms with Crippen LogP contribution in [0.4, 0.5) is 13.2 Å². The second kappa shape index (κ2) is 8.56. The number of ether oxygens (including phenoxy) is 1. The number of aromatic nitrogens is 2. The van der Waals surface area contributed by atoms with Crippen molar-refractivity contribution in [1.29, 1.82) is 0 Å². The number of alkyl halides is 3. The molecule has 6 atom stereocenters. The zero-order chi connectivity index (χ0) is 22.2. The maximum Gasteiger partial charge on any atom is 0.434 e. The van der Waals surface area contributed by atoms with Gasteiger partial charge in [-0.3, -0.25) is 4.98 Å². The molecule has 2 aromatic rings. The lowest BCUT2D eigenvalue weighted by Crippen LogP contribution is -2.59. The van der Waals surface area contributed by atoms with Crippen LogP contribution in [0.5, 0.6) is 0 Å². The molecule has 164 valence electrons. The Bertz CT molecular complexity index is 893. The second-order valence-corrected chi connectivity index (χ2v) is 7.44. The van der Waals surface area contributed by atoms with Gasteiger partial charge in [-0.2, -0.15) is 13.2 Å². The third kappa shape index (κ3) is 4.33. The summed E-state index contributed by atoms with van der Waals surface area (Å²) < 4.78 is 44.3. The van der Waals surface area contributed by atoms with Gasteiger partial charge in [-0.05, 0) is 24.1 Å². The highest BCUT2D eigenvalue weighted by Crippen LogP contribution is 2.35. The molecule has 0 amide bonds. The zero-order valence-electron chi connectivity index (χ0n) is 16.3. The predicted molar refractivity (Wildman–Crippen MR) is 99.4 cm³/mol. The summed E-state index contributed by atoms with van der Waals surface area (Å²) in [6, 6.07) is 4.92. The predicted octanol–water partition coefficient (Wildman–Crippen LogP) is 1.42. The van der Waals surface area contributed by atoms with Gasteiger partial charge in [0.1, 0.15) is 24.4 Å². The van der Waals surface area contributed by atoms with E-state index < -0.39 is 54.9 Å². The van der Waals surface area contributed by atoms with Gasteiger partial charge in [-0.1, -0.05) is 19.1 Å². The van der Waals surface area contributed by atoms with E-state index in [2.05, 4.69) is 9.97 Å². The van der Waals surface area contributed by atoms with Gasteiger partial charge in [0.25, 0.3) is 0 Å². The third-order valence-electron chi connectivity index (χ3n) is 5.40. The molecule has 3 rings (SSSR count). The molecule has 2 heterocycles. The van der Waals surface area contributed by atoms with Crippen LogP contribution in [0.1, 0.15) is 29.7 Å². The number of halogens is 3. The van der Waals surface area contributed by atoms with Crippen LogP contribution in [0.25, 0.3) is 11.3 Å². The SMILES string of the molecule is Cc1cc(-c2cncc(C(F)(F)F)n2)ccc1[C@@H](C)[C@H]1O[C@H](CO)[C@@H](O)[C@H](O)[C@@H]1O. The number of aryl methyl sites for hydroxylation is 1. The number of aliphatic hydroxyl groups is 4. The minimum atomic E-state index is -4.60. The maximum atomic E-state index is 12.9. The lowest BCUT2D eigenvalue weighted by atomic mass is 9.83. The van der Waals surface area contributed by atoms with Gasteiger partial charge in [0, 0.05) is 11.5 Å². The highest BCUT2D eigenvalue weighted by molar-refractivity contribution is 5.60. The zero-order valence-corrected chi connectivity index (χ0v) is 16.3. The summed E-state index contributed by atoms with van der Waals surface area (Å²) in [6.45, 7) is 2.97. The first kappa shape index (κ1) is 22.6. The van der Waals surface area contributed by atoms with Crippen molar-refractivity contribution in [2.24, 2.45) is 0 Å². The van der Waals surface area contributed by atoms with Crippen LogP contribution in [-0.2, 0) is 10.9 Å². The number of nitrogens with zero attached hydrogens (tertiary/aromatic N) is 2. The molecule has 0 unspecified atom stereocenters. The summed E-state index contributed by atoms with van der Waals surface area (Å²) in [6.07, 6.45) is -8.94. The summed E-state index contributed by atoms with van der Waals surface area (Å²) >= 11 is 0. The van der Waals surface area contributed by atoms with E-state index in [1.807, 2.05) is 0 Å². The molecule has 1 saturated heterocycles. The Morgan fingerprint density at radius 1 is 1.10 bits per heavy atom. The molecule has 4 N–H and O–H groups in total. The maximum absolute atomic E-state index is 12.9. The van der Waals surface area contributed by atoms with E-state index in [0.29, 0.717) is 17.3 Å². The van der Waals surface area contributed by atoms with Crippen molar-refractivity contribution < 1.29 is 38.3 Å². The third-order valence-corrected chi connectivity index (χ3v) is 5.40. The highest BCUT2D eigenvalue weighted by Gasteiger charge is 2.45. The van der Waals surface area contributed by atoms with Crippen LogP contribution < -0.4 is 0 Å². The van der Waals surface area contributed by atoms with Crippen molar-refractivity contribution in [3.8, 4) is 11.3 Å². The standard InChI is InChI=1S/C20H23F3N2O5/c1-9-5-11(13-6-24-7-15(25-13)20(21,22)23)3-4-12(9)10(2)19-18(29)17(28)16(27)14(8-26)30-19/h3-7,10,14,16-19,26-29H,8H2,1-2H3/t10-,14-,16-,17+,18+,19-/m1/s1. The summed E-state index contributed by atoms with van der Waals surface area (Å²) in [7, 11) is 0. The van der Waals surface area contributed by atoms with Crippen molar-refractivity contribution in [2.75, 3.05) is 6.61 Å². The van der Waals surface area contributed by atoms with Gasteiger partial charge in [-0.25, -0.2) is 4.98 Å². The Morgan fingerprint density at radius 2 is 1.80 bits per heavy atom. The number of aliphatic hydroxyl groups excluding tert-OH is 4. The average molecular weight is 428 g/mol. The largest absolute Gasteiger partial charge is 0.434 e. The fourth-order valence-electron chi connectivity index (χ4n) is 3.71. The highest BCUT2D eigenvalue weighted by atomic mass is 19.4. The van der Waals surface area contributed by atoms with Crippen molar-refractivity contribution in [1.82, 2.24) is 9.97 Å². The summed E-state index contributed by atoms with van der Waals surface area (Å²) in [5.74, 6) is -0.446. The molecular weight excluding hydrogens is 405 g/mol. The van der Waals surface area contributed by atoms with Gasteiger partial charge in [0.05, 0.1) is 30.8 Å². The Balaban J connectivity index is 1.88. The van der Waals surface area contributed by atoms with Gasteiger partial charge in [0.15, 0.2) is 5.69 Å². The molecule has 10 heteroatoms. The molecule has 1 aliphatic heterocycles. The second-order valence-electron chi connectivity index (χ2n) is 7.44. The van der Waals surface area contributed by atoms with Crippen LogP contribution >= 0.6 is 0 Å².